The Kier molecular flexibility index (Phi) is 3.76. The summed E-state index contributed by atoms with van der Waals surface area (Å²) >= 11 is 0. The van der Waals surface area contributed by atoms with E-state index in [1.54, 1.807) is 0 Å². The van der Waals surface area contributed by atoms with Crippen LogP contribution in [0.15, 0.2) is 24.3 Å². The van der Waals surface area contributed by atoms with Gasteiger partial charge in [0.2, 0.25) is 0 Å². The van der Waals surface area contributed by atoms with Crippen LogP contribution in [0.1, 0.15) is 42.5 Å². The number of nitrogens with two attached hydrogens (primary N) is 1. The third kappa shape index (κ3) is 2.84. The lowest BCUT2D eigenvalue weighted by Crippen LogP contribution is -2.21. The van der Waals surface area contributed by atoms with Crippen LogP contribution in [0.25, 0.3) is 0 Å². The fourth-order valence-electron chi connectivity index (χ4n) is 2.38. The highest BCUT2D eigenvalue weighted by Crippen LogP contribution is 2.36. The van der Waals surface area contributed by atoms with Crippen molar-refractivity contribution in [2.24, 2.45) is 5.73 Å². The number of aliphatic carboxylic acids is 1. The Bertz CT molecular complexity index is 406. The second-order valence-corrected chi connectivity index (χ2v) is 4.48. The van der Waals surface area contributed by atoms with Crippen molar-refractivity contribution >= 4 is 5.97 Å². The zero-order valence-corrected chi connectivity index (χ0v) is 9.73. The zero-order valence-electron chi connectivity index (χ0n) is 9.73. The number of carboxylic acids is 1. The molecule has 0 spiro atoms. The summed E-state index contributed by atoms with van der Waals surface area (Å²) in [5.41, 5.74) is 8.53. The quantitative estimate of drug-likeness (QED) is 0.676. The summed E-state index contributed by atoms with van der Waals surface area (Å²) in [4.78, 5) is 10.4. The molecule has 0 fully saturated rings. The molecule has 0 saturated heterocycles. The molecular formula is C13H18N2O2. The predicted octanol–water partition coefficient (Wildman–Crippen LogP) is 1.59. The number of hydrogen-bond donors (Lipinski definition) is 3. The Balaban J connectivity index is 1.89. The Morgan fingerprint density at radius 2 is 2.12 bits per heavy atom. The molecule has 2 atom stereocenters. The molecule has 1 aliphatic carbocycles. The molecule has 4 nitrogen and oxygen atoms in total. The van der Waals surface area contributed by atoms with E-state index < -0.39 is 5.97 Å². The zero-order chi connectivity index (χ0) is 12.3. The second kappa shape index (κ2) is 5.29. The Hall–Kier alpha value is -1.39. The van der Waals surface area contributed by atoms with Crippen LogP contribution in [0, 0.1) is 0 Å². The molecule has 0 saturated carbocycles. The molecule has 1 aromatic rings. The van der Waals surface area contributed by atoms with E-state index >= 15 is 0 Å². The molecule has 1 aromatic carbocycles. The van der Waals surface area contributed by atoms with Crippen LogP contribution in [0.2, 0.25) is 0 Å². The largest absolute Gasteiger partial charge is 0.481 e. The molecule has 2 rings (SSSR count). The third-order valence-corrected chi connectivity index (χ3v) is 3.22. The van der Waals surface area contributed by atoms with Gasteiger partial charge >= 0.3 is 5.97 Å². The first kappa shape index (κ1) is 12.1. The summed E-state index contributed by atoms with van der Waals surface area (Å²) in [6.07, 6.45) is 1.77. The van der Waals surface area contributed by atoms with Gasteiger partial charge in [-0.25, -0.2) is 0 Å². The van der Waals surface area contributed by atoms with Crippen LogP contribution in [-0.4, -0.2) is 17.6 Å². The van der Waals surface area contributed by atoms with Gasteiger partial charge < -0.3 is 16.2 Å². The van der Waals surface area contributed by atoms with Crippen molar-refractivity contribution in [3.05, 3.63) is 35.4 Å². The Morgan fingerprint density at radius 1 is 1.41 bits per heavy atom. The maximum Gasteiger partial charge on any atom is 0.303 e. The lowest BCUT2D eigenvalue weighted by atomic mass is 10.1. The molecule has 0 aromatic heterocycles. The molecule has 1 aliphatic rings. The highest BCUT2D eigenvalue weighted by atomic mass is 16.4. The average Bonchev–Trinajstić information content (AvgIpc) is 2.63. The summed E-state index contributed by atoms with van der Waals surface area (Å²) < 4.78 is 0. The molecule has 4 N–H and O–H groups in total. The minimum atomic E-state index is -0.740. The molecular weight excluding hydrogens is 216 g/mol. The smallest absolute Gasteiger partial charge is 0.303 e. The van der Waals surface area contributed by atoms with Crippen molar-refractivity contribution < 1.29 is 9.90 Å². The summed E-state index contributed by atoms with van der Waals surface area (Å²) in [6, 6.07) is 8.56. The van der Waals surface area contributed by atoms with Crippen molar-refractivity contribution in [1.29, 1.82) is 0 Å². The first-order valence-electron chi connectivity index (χ1n) is 5.98. The lowest BCUT2D eigenvalue weighted by molar-refractivity contribution is -0.137. The first-order valence-corrected chi connectivity index (χ1v) is 5.98. The Labute approximate surface area is 101 Å². The van der Waals surface area contributed by atoms with E-state index in [4.69, 9.17) is 10.8 Å². The SMILES string of the molecule is NC1CC(NCCCC(=O)O)c2ccccc21. The number of benzene rings is 1. The molecule has 92 valence electrons. The van der Waals surface area contributed by atoms with Crippen LogP contribution in [-0.2, 0) is 4.79 Å². The average molecular weight is 234 g/mol. The minimum Gasteiger partial charge on any atom is -0.481 e. The monoisotopic (exact) mass is 234 g/mol. The number of rotatable bonds is 5. The number of carboxylic acid groups (broad SMARTS) is 1. The van der Waals surface area contributed by atoms with Gasteiger partial charge in [0, 0.05) is 18.5 Å². The van der Waals surface area contributed by atoms with Crippen LogP contribution in [0.4, 0.5) is 0 Å². The number of carbonyl (C=O) groups is 1. The van der Waals surface area contributed by atoms with Gasteiger partial charge in [-0.15, -0.1) is 0 Å². The summed E-state index contributed by atoms with van der Waals surface area (Å²) in [6.45, 7) is 0.720. The summed E-state index contributed by atoms with van der Waals surface area (Å²) in [7, 11) is 0. The molecule has 0 heterocycles. The van der Waals surface area contributed by atoms with Gasteiger partial charge in [-0.05, 0) is 30.5 Å². The molecule has 0 bridgehead atoms. The van der Waals surface area contributed by atoms with E-state index in [9.17, 15) is 4.79 Å². The third-order valence-electron chi connectivity index (χ3n) is 3.22. The van der Waals surface area contributed by atoms with Crippen LogP contribution in [0.3, 0.4) is 0 Å². The van der Waals surface area contributed by atoms with E-state index in [-0.39, 0.29) is 18.5 Å². The van der Waals surface area contributed by atoms with Gasteiger partial charge in [0.05, 0.1) is 0 Å². The van der Waals surface area contributed by atoms with Crippen LogP contribution >= 0.6 is 0 Å². The summed E-state index contributed by atoms with van der Waals surface area (Å²) in [5.74, 6) is -0.740. The van der Waals surface area contributed by atoms with Crippen molar-refractivity contribution in [1.82, 2.24) is 5.32 Å². The molecule has 0 amide bonds. The van der Waals surface area contributed by atoms with Gasteiger partial charge in [-0.2, -0.15) is 0 Å². The maximum absolute atomic E-state index is 10.4. The maximum atomic E-state index is 10.4. The predicted molar refractivity (Wildman–Crippen MR) is 65.6 cm³/mol. The number of hydrogen-bond acceptors (Lipinski definition) is 3. The van der Waals surface area contributed by atoms with Crippen molar-refractivity contribution in [2.75, 3.05) is 6.54 Å². The fourth-order valence-corrected chi connectivity index (χ4v) is 2.38. The normalized spacial score (nSPS) is 22.4. The number of nitrogens with one attached hydrogen (secondary N) is 1. The standard InChI is InChI=1S/C13H18N2O2/c14-11-8-12(15-7-3-6-13(16)17)10-5-2-1-4-9(10)11/h1-2,4-5,11-12,15H,3,6-8,14H2,(H,16,17). The van der Waals surface area contributed by atoms with E-state index in [1.165, 1.54) is 11.1 Å². The van der Waals surface area contributed by atoms with E-state index in [2.05, 4.69) is 17.4 Å². The van der Waals surface area contributed by atoms with Gasteiger partial charge in [-0.1, -0.05) is 24.3 Å². The van der Waals surface area contributed by atoms with E-state index in [0.29, 0.717) is 6.42 Å². The number of fused-ring (bicyclic) bond motifs is 1. The van der Waals surface area contributed by atoms with Gasteiger partial charge in [0.1, 0.15) is 0 Å². The van der Waals surface area contributed by atoms with Gasteiger partial charge in [-0.3, -0.25) is 4.79 Å². The minimum absolute atomic E-state index is 0.100. The highest BCUT2D eigenvalue weighted by Gasteiger charge is 2.27. The van der Waals surface area contributed by atoms with Crippen LogP contribution in [0.5, 0.6) is 0 Å². The first-order chi connectivity index (χ1) is 8.18. The molecule has 2 unspecified atom stereocenters. The molecule has 0 radical (unpaired) electrons. The Morgan fingerprint density at radius 3 is 2.82 bits per heavy atom. The van der Waals surface area contributed by atoms with Crippen molar-refractivity contribution in [2.45, 2.75) is 31.3 Å². The fraction of sp³-hybridized carbons (Fsp3) is 0.462. The molecule has 17 heavy (non-hydrogen) atoms. The highest BCUT2D eigenvalue weighted by molar-refractivity contribution is 5.66. The van der Waals surface area contributed by atoms with E-state index in [1.807, 2.05) is 12.1 Å². The van der Waals surface area contributed by atoms with Gasteiger partial charge in [0.25, 0.3) is 0 Å². The summed E-state index contributed by atoms with van der Waals surface area (Å²) in [5, 5.41) is 11.9. The second-order valence-electron chi connectivity index (χ2n) is 4.48. The van der Waals surface area contributed by atoms with E-state index in [0.717, 1.165) is 13.0 Å². The van der Waals surface area contributed by atoms with Gasteiger partial charge in [0.15, 0.2) is 0 Å². The topological polar surface area (TPSA) is 75.3 Å². The molecule has 0 aliphatic heterocycles. The van der Waals surface area contributed by atoms with Crippen LogP contribution < -0.4 is 11.1 Å². The van der Waals surface area contributed by atoms with Crippen molar-refractivity contribution in [3.8, 4) is 0 Å². The lowest BCUT2D eigenvalue weighted by Gasteiger charge is -2.13. The molecule has 4 heteroatoms. The van der Waals surface area contributed by atoms with Crippen molar-refractivity contribution in [3.63, 3.8) is 0 Å².